The van der Waals surface area contributed by atoms with Gasteiger partial charge in [-0.15, -0.1) is 0 Å². The third kappa shape index (κ3) is 3.54. The first-order chi connectivity index (χ1) is 10.1. The van der Waals surface area contributed by atoms with Crippen LogP contribution >= 0.6 is 0 Å². The Morgan fingerprint density at radius 1 is 1.10 bits per heavy atom. The van der Waals surface area contributed by atoms with E-state index >= 15 is 0 Å². The Morgan fingerprint density at radius 3 is 2.10 bits per heavy atom. The van der Waals surface area contributed by atoms with E-state index in [9.17, 15) is 4.79 Å². The van der Waals surface area contributed by atoms with E-state index in [1.807, 2.05) is 0 Å². The fraction of sp³-hybridized carbons (Fsp3) is 0.944. The first-order valence-corrected chi connectivity index (χ1v) is 10.0. The van der Waals surface area contributed by atoms with Crippen LogP contribution in [0, 0.1) is 23.2 Å². The number of hydrogen-bond acceptors (Lipinski definition) is 2. The number of rotatable bonds is 5. The summed E-state index contributed by atoms with van der Waals surface area (Å²) in [5, 5.41) is 0. The molecule has 2 fully saturated rings. The molecule has 0 radical (unpaired) electrons. The van der Waals surface area contributed by atoms with Gasteiger partial charge in [0.1, 0.15) is 0 Å². The van der Waals surface area contributed by atoms with E-state index in [-0.39, 0.29) is 11.4 Å². The van der Waals surface area contributed by atoms with Crippen molar-refractivity contribution in [1.82, 2.24) is 0 Å². The molecule has 2 saturated carbocycles. The second kappa shape index (κ2) is 7.80. The zero-order valence-electron chi connectivity index (χ0n) is 14.3. The zero-order chi connectivity index (χ0) is 15.3. The van der Waals surface area contributed by atoms with Gasteiger partial charge in [-0.05, 0) is 37.5 Å². The highest BCUT2D eigenvalue weighted by atomic mass is 28.2. The van der Waals surface area contributed by atoms with Crippen molar-refractivity contribution >= 4 is 16.5 Å². The third-order valence-corrected chi connectivity index (χ3v) is 6.88. The molecule has 0 saturated heterocycles. The highest BCUT2D eigenvalue weighted by Crippen LogP contribution is 2.51. The first kappa shape index (κ1) is 17.0. The van der Waals surface area contributed by atoms with Crippen LogP contribution in [0.5, 0.6) is 0 Å². The molecule has 2 aliphatic carbocycles. The van der Waals surface area contributed by atoms with Gasteiger partial charge in [-0.1, -0.05) is 64.7 Å². The fourth-order valence-corrected chi connectivity index (χ4v) is 5.77. The molecule has 0 bridgehead atoms. The van der Waals surface area contributed by atoms with Crippen LogP contribution in [0.1, 0.15) is 84.5 Å². The van der Waals surface area contributed by atoms with Crippen LogP contribution in [0.3, 0.4) is 0 Å². The van der Waals surface area contributed by atoms with Crippen molar-refractivity contribution in [3.05, 3.63) is 0 Å². The first-order valence-electron chi connectivity index (χ1n) is 9.23. The molecule has 122 valence electrons. The van der Waals surface area contributed by atoms with Gasteiger partial charge in [-0.25, -0.2) is 0 Å². The van der Waals surface area contributed by atoms with Crippen LogP contribution in [-0.4, -0.2) is 16.5 Å². The summed E-state index contributed by atoms with van der Waals surface area (Å²) in [6, 6.07) is 0. The monoisotopic (exact) mass is 310 g/mol. The van der Waals surface area contributed by atoms with Crippen molar-refractivity contribution in [2.24, 2.45) is 23.2 Å². The molecular formula is C18H34O2Si. The molecule has 3 heteroatoms. The van der Waals surface area contributed by atoms with Crippen LogP contribution in [0.2, 0.25) is 0 Å². The molecular weight excluding hydrogens is 276 g/mol. The molecule has 0 aromatic carbocycles. The van der Waals surface area contributed by atoms with Gasteiger partial charge in [0, 0.05) is 0 Å². The number of carbonyl (C=O) groups excluding carboxylic acids is 1. The quantitative estimate of drug-likeness (QED) is 0.717. The van der Waals surface area contributed by atoms with Gasteiger partial charge >= 0.3 is 0 Å². The van der Waals surface area contributed by atoms with Crippen LogP contribution in [0.4, 0.5) is 0 Å². The molecule has 0 aromatic rings. The van der Waals surface area contributed by atoms with E-state index in [0.29, 0.717) is 22.3 Å². The van der Waals surface area contributed by atoms with Crippen LogP contribution < -0.4 is 0 Å². The van der Waals surface area contributed by atoms with Gasteiger partial charge in [0.05, 0.1) is 5.41 Å². The molecule has 2 nitrogen and oxygen atoms in total. The normalized spacial score (nSPS) is 26.2. The van der Waals surface area contributed by atoms with Gasteiger partial charge in [-0.2, -0.15) is 0 Å². The second-order valence-electron chi connectivity index (χ2n) is 7.52. The van der Waals surface area contributed by atoms with Crippen molar-refractivity contribution in [1.29, 1.82) is 0 Å². The predicted octanol–water partition coefficient (Wildman–Crippen LogP) is 4.00. The lowest BCUT2D eigenvalue weighted by atomic mass is 9.57. The Hall–Kier alpha value is -0.313. The standard InChI is InChI=1S/C18H34O2Si/c1-3-16(14-10-6-4-7-11-14)18(2,17(19)20-21)15-12-8-5-9-13-15/h14-16H,3-13H2,1-2,21H3. The molecule has 0 aromatic heterocycles. The molecule has 2 aliphatic rings. The maximum absolute atomic E-state index is 12.8. The lowest BCUT2D eigenvalue weighted by Crippen LogP contribution is -2.47. The molecule has 21 heavy (non-hydrogen) atoms. The SMILES string of the molecule is CCC(C1CCCCC1)C(C)(C(=O)O[SiH3])C1CCCCC1. The van der Waals surface area contributed by atoms with E-state index in [1.165, 1.54) is 64.2 Å². The molecule has 0 aliphatic heterocycles. The minimum atomic E-state index is -0.223. The maximum atomic E-state index is 12.8. The lowest BCUT2D eigenvalue weighted by molar-refractivity contribution is -0.156. The Bertz CT molecular complexity index is 332. The second-order valence-corrected chi connectivity index (χ2v) is 7.93. The fourth-order valence-electron chi connectivity index (χ4n) is 5.33. The maximum Gasteiger partial charge on any atom is 0.298 e. The Labute approximate surface area is 134 Å². The minimum absolute atomic E-state index is 0.124. The Morgan fingerprint density at radius 2 is 1.62 bits per heavy atom. The van der Waals surface area contributed by atoms with E-state index < -0.39 is 0 Å². The average Bonchev–Trinajstić information content (AvgIpc) is 2.56. The molecule has 0 N–H and O–H groups in total. The summed E-state index contributed by atoms with van der Waals surface area (Å²) >= 11 is 0. The smallest absolute Gasteiger partial charge is 0.298 e. The van der Waals surface area contributed by atoms with Gasteiger partial charge in [-0.3, -0.25) is 4.79 Å². The molecule has 2 rings (SSSR count). The highest BCUT2D eigenvalue weighted by Gasteiger charge is 2.49. The van der Waals surface area contributed by atoms with Crippen LogP contribution in [-0.2, 0) is 9.22 Å². The van der Waals surface area contributed by atoms with Crippen LogP contribution in [0.25, 0.3) is 0 Å². The lowest BCUT2D eigenvalue weighted by Gasteiger charge is -2.47. The zero-order valence-corrected chi connectivity index (χ0v) is 16.3. The number of carbonyl (C=O) groups is 1. The van der Waals surface area contributed by atoms with Gasteiger partial charge in [0.15, 0.2) is 0 Å². The number of hydrogen-bond donors (Lipinski definition) is 0. The molecule has 2 unspecified atom stereocenters. The summed E-state index contributed by atoms with van der Waals surface area (Å²) in [7, 11) is 0.537. The Balaban J connectivity index is 2.24. The highest BCUT2D eigenvalue weighted by molar-refractivity contribution is 6.06. The predicted molar refractivity (Wildman–Crippen MR) is 91.1 cm³/mol. The van der Waals surface area contributed by atoms with E-state index in [4.69, 9.17) is 4.43 Å². The summed E-state index contributed by atoms with van der Waals surface area (Å²) in [6.07, 6.45) is 14.3. The summed E-state index contributed by atoms with van der Waals surface area (Å²) in [4.78, 5) is 12.8. The van der Waals surface area contributed by atoms with Gasteiger partial charge in [0.25, 0.3) is 5.97 Å². The molecule has 2 atom stereocenters. The van der Waals surface area contributed by atoms with Crippen molar-refractivity contribution in [2.45, 2.75) is 84.5 Å². The molecule has 0 spiro atoms. The summed E-state index contributed by atoms with van der Waals surface area (Å²) in [5.74, 6) is 1.96. The average molecular weight is 311 g/mol. The topological polar surface area (TPSA) is 26.3 Å². The summed E-state index contributed by atoms with van der Waals surface area (Å²) in [5.41, 5.74) is -0.223. The minimum Gasteiger partial charge on any atom is -0.528 e. The van der Waals surface area contributed by atoms with Crippen molar-refractivity contribution < 1.29 is 9.22 Å². The molecule has 0 amide bonds. The van der Waals surface area contributed by atoms with Crippen LogP contribution in [0.15, 0.2) is 0 Å². The van der Waals surface area contributed by atoms with Crippen molar-refractivity contribution in [2.75, 3.05) is 0 Å². The summed E-state index contributed by atoms with van der Waals surface area (Å²) in [6.45, 7) is 4.55. The van der Waals surface area contributed by atoms with E-state index in [0.717, 1.165) is 12.3 Å². The molecule has 0 heterocycles. The van der Waals surface area contributed by atoms with Crippen molar-refractivity contribution in [3.63, 3.8) is 0 Å². The summed E-state index contributed by atoms with van der Waals surface area (Å²) < 4.78 is 5.44. The third-order valence-electron chi connectivity index (χ3n) is 6.51. The van der Waals surface area contributed by atoms with E-state index in [2.05, 4.69) is 13.8 Å². The largest absolute Gasteiger partial charge is 0.528 e. The van der Waals surface area contributed by atoms with Gasteiger partial charge in [0.2, 0.25) is 10.5 Å². The van der Waals surface area contributed by atoms with Gasteiger partial charge < -0.3 is 4.43 Å². The van der Waals surface area contributed by atoms with Crippen molar-refractivity contribution in [3.8, 4) is 0 Å². The van der Waals surface area contributed by atoms with E-state index in [1.54, 1.807) is 0 Å². The Kier molecular flexibility index (Phi) is 6.33.